The summed E-state index contributed by atoms with van der Waals surface area (Å²) in [6.07, 6.45) is 5.06. The highest BCUT2D eigenvalue weighted by molar-refractivity contribution is 4.82. The zero-order valence-electron chi connectivity index (χ0n) is 11.8. The van der Waals surface area contributed by atoms with Crippen molar-refractivity contribution in [2.24, 2.45) is 11.7 Å². The second-order valence-electron chi connectivity index (χ2n) is 5.75. The third kappa shape index (κ3) is 5.84. The molecule has 1 heterocycles. The van der Waals surface area contributed by atoms with Gasteiger partial charge >= 0.3 is 0 Å². The first kappa shape index (κ1) is 14.9. The molecule has 0 aromatic rings. The molecule has 0 bridgehead atoms. The largest absolute Gasteiger partial charge is 0.380 e. The van der Waals surface area contributed by atoms with Gasteiger partial charge in [0.25, 0.3) is 0 Å². The van der Waals surface area contributed by atoms with Crippen LogP contribution in [0.3, 0.4) is 0 Å². The molecular formula is C14H30N2O. The molecule has 2 N–H and O–H groups in total. The number of rotatable bonds is 7. The molecule has 2 atom stereocenters. The summed E-state index contributed by atoms with van der Waals surface area (Å²) in [5, 5.41) is 0. The standard InChI is InChI=1S/C14H30N2O/c1-12(2)7-10-17-11-9-16-8-5-4-6-14(16)13(3)15/h12-14H,4-11,15H2,1-3H3. The highest BCUT2D eigenvalue weighted by atomic mass is 16.5. The van der Waals surface area contributed by atoms with Gasteiger partial charge in [-0.25, -0.2) is 0 Å². The highest BCUT2D eigenvalue weighted by Crippen LogP contribution is 2.18. The van der Waals surface area contributed by atoms with Crippen molar-refractivity contribution in [3.05, 3.63) is 0 Å². The van der Waals surface area contributed by atoms with Gasteiger partial charge in [0.1, 0.15) is 0 Å². The van der Waals surface area contributed by atoms with Crippen LogP contribution in [-0.2, 0) is 4.74 Å². The van der Waals surface area contributed by atoms with E-state index in [1.165, 1.54) is 25.8 Å². The van der Waals surface area contributed by atoms with Gasteiger partial charge in [-0.2, -0.15) is 0 Å². The van der Waals surface area contributed by atoms with Crippen LogP contribution in [0, 0.1) is 5.92 Å². The average Bonchev–Trinajstić information content (AvgIpc) is 2.28. The number of nitrogens with two attached hydrogens (primary N) is 1. The van der Waals surface area contributed by atoms with Crippen LogP contribution in [0.4, 0.5) is 0 Å². The Bertz CT molecular complexity index is 195. The lowest BCUT2D eigenvalue weighted by Gasteiger charge is -2.37. The van der Waals surface area contributed by atoms with Gasteiger partial charge in [-0.3, -0.25) is 4.90 Å². The van der Waals surface area contributed by atoms with Crippen molar-refractivity contribution in [3.63, 3.8) is 0 Å². The highest BCUT2D eigenvalue weighted by Gasteiger charge is 2.24. The monoisotopic (exact) mass is 242 g/mol. The molecule has 17 heavy (non-hydrogen) atoms. The summed E-state index contributed by atoms with van der Waals surface area (Å²) in [4.78, 5) is 2.52. The first-order valence-electron chi connectivity index (χ1n) is 7.18. The molecule has 0 amide bonds. The summed E-state index contributed by atoms with van der Waals surface area (Å²) in [5.41, 5.74) is 6.05. The van der Waals surface area contributed by atoms with Crippen LogP contribution in [0.2, 0.25) is 0 Å². The van der Waals surface area contributed by atoms with Gasteiger partial charge in [-0.1, -0.05) is 20.3 Å². The van der Waals surface area contributed by atoms with Gasteiger partial charge in [-0.05, 0) is 38.6 Å². The van der Waals surface area contributed by atoms with Gasteiger partial charge in [0.2, 0.25) is 0 Å². The van der Waals surface area contributed by atoms with Crippen molar-refractivity contribution in [2.45, 2.75) is 58.5 Å². The summed E-state index contributed by atoms with van der Waals surface area (Å²) in [6.45, 7) is 10.6. The van der Waals surface area contributed by atoms with E-state index in [0.29, 0.717) is 6.04 Å². The fourth-order valence-electron chi connectivity index (χ4n) is 2.49. The van der Waals surface area contributed by atoms with E-state index in [2.05, 4.69) is 25.7 Å². The van der Waals surface area contributed by atoms with Gasteiger partial charge in [-0.15, -0.1) is 0 Å². The average molecular weight is 242 g/mol. The third-order valence-corrected chi connectivity index (χ3v) is 3.63. The Morgan fingerprint density at radius 3 is 2.65 bits per heavy atom. The summed E-state index contributed by atoms with van der Waals surface area (Å²) in [6, 6.07) is 0.850. The Kier molecular flexibility index (Phi) is 7.09. The molecule has 0 aromatic carbocycles. The number of hydrogen-bond donors (Lipinski definition) is 1. The van der Waals surface area contributed by atoms with E-state index in [4.69, 9.17) is 10.5 Å². The molecule has 0 saturated carbocycles. The Hall–Kier alpha value is -0.120. The molecule has 1 aliphatic rings. The molecule has 0 radical (unpaired) electrons. The van der Waals surface area contributed by atoms with Crippen LogP contribution >= 0.6 is 0 Å². The predicted octanol–water partition coefficient (Wildman–Crippen LogP) is 2.25. The van der Waals surface area contributed by atoms with Crippen molar-refractivity contribution in [1.82, 2.24) is 4.90 Å². The van der Waals surface area contributed by atoms with Gasteiger partial charge in [0, 0.05) is 25.2 Å². The van der Waals surface area contributed by atoms with Gasteiger partial charge in [0.05, 0.1) is 6.61 Å². The quantitative estimate of drug-likeness (QED) is 0.696. The maximum Gasteiger partial charge on any atom is 0.0593 e. The Morgan fingerprint density at radius 2 is 2.00 bits per heavy atom. The molecule has 0 aromatic heterocycles. The minimum absolute atomic E-state index is 0.283. The first-order chi connectivity index (χ1) is 8.11. The van der Waals surface area contributed by atoms with E-state index in [1.807, 2.05) is 0 Å². The lowest BCUT2D eigenvalue weighted by Crippen LogP contribution is -2.50. The lowest BCUT2D eigenvalue weighted by molar-refractivity contribution is 0.0614. The Morgan fingerprint density at radius 1 is 1.24 bits per heavy atom. The number of nitrogens with zero attached hydrogens (tertiary/aromatic N) is 1. The zero-order chi connectivity index (χ0) is 12.7. The molecule has 0 spiro atoms. The van der Waals surface area contributed by atoms with Crippen molar-refractivity contribution in [1.29, 1.82) is 0 Å². The summed E-state index contributed by atoms with van der Waals surface area (Å²) in [7, 11) is 0. The minimum Gasteiger partial charge on any atom is -0.380 e. The van der Waals surface area contributed by atoms with Crippen LogP contribution in [0.25, 0.3) is 0 Å². The SMILES string of the molecule is CC(C)CCOCCN1CCCCC1C(C)N. The number of piperidine rings is 1. The maximum atomic E-state index is 6.05. The Labute approximate surface area is 107 Å². The second kappa shape index (κ2) is 8.06. The van der Waals surface area contributed by atoms with E-state index >= 15 is 0 Å². The van der Waals surface area contributed by atoms with E-state index < -0.39 is 0 Å². The van der Waals surface area contributed by atoms with Gasteiger partial charge in [0.15, 0.2) is 0 Å². The van der Waals surface area contributed by atoms with Crippen molar-refractivity contribution in [2.75, 3.05) is 26.3 Å². The molecule has 3 heteroatoms. The summed E-state index contributed by atoms with van der Waals surface area (Å²) >= 11 is 0. The molecule has 102 valence electrons. The molecule has 1 saturated heterocycles. The molecule has 1 fully saturated rings. The molecule has 2 unspecified atom stereocenters. The number of ether oxygens (including phenoxy) is 1. The van der Waals surface area contributed by atoms with E-state index in [0.717, 1.165) is 32.1 Å². The predicted molar refractivity (Wildman–Crippen MR) is 73.1 cm³/mol. The second-order valence-corrected chi connectivity index (χ2v) is 5.75. The molecule has 3 nitrogen and oxygen atoms in total. The van der Waals surface area contributed by atoms with Crippen molar-refractivity contribution >= 4 is 0 Å². The number of likely N-dealkylation sites (tertiary alicyclic amines) is 1. The van der Waals surface area contributed by atoms with Crippen LogP contribution in [0.5, 0.6) is 0 Å². The minimum atomic E-state index is 0.283. The fourth-order valence-corrected chi connectivity index (χ4v) is 2.49. The van der Waals surface area contributed by atoms with Gasteiger partial charge < -0.3 is 10.5 Å². The van der Waals surface area contributed by atoms with E-state index in [1.54, 1.807) is 0 Å². The van der Waals surface area contributed by atoms with Crippen molar-refractivity contribution < 1.29 is 4.74 Å². The van der Waals surface area contributed by atoms with Crippen LogP contribution in [0.1, 0.15) is 46.5 Å². The van der Waals surface area contributed by atoms with Crippen LogP contribution in [-0.4, -0.2) is 43.3 Å². The first-order valence-corrected chi connectivity index (χ1v) is 7.18. The smallest absolute Gasteiger partial charge is 0.0593 e. The normalized spacial score (nSPS) is 24.2. The van der Waals surface area contributed by atoms with Crippen molar-refractivity contribution in [3.8, 4) is 0 Å². The van der Waals surface area contributed by atoms with Crippen LogP contribution in [0.15, 0.2) is 0 Å². The fraction of sp³-hybridized carbons (Fsp3) is 1.00. The molecule has 1 aliphatic heterocycles. The molecular weight excluding hydrogens is 212 g/mol. The molecule has 0 aliphatic carbocycles. The maximum absolute atomic E-state index is 6.05. The zero-order valence-corrected chi connectivity index (χ0v) is 11.8. The summed E-state index contributed by atoms with van der Waals surface area (Å²) < 4.78 is 5.69. The third-order valence-electron chi connectivity index (χ3n) is 3.63. The number of hydrogen-bond acceptors (Lipinski definition) is 3. The topological polar surface area (TPSA) is 38.5 Å². The van der Waals surface area contributed by atoms with Crippen LogP contribution < -0.4 is 5.73 Å². The van der Waals surface area contributed by atoms with E-state index in [-0.39, 0.29) is 6.04 Å². The van der Waals surface area contributed by atoms with E-state index in [9.17, 15) is 0 Å². The molecule has 1 rings (SSSR count). The lowest BCUT2D eigenvalue weighted by atomic mass is 9.97. The Balaban J connectivity index is 2.15. The summed E-state index contributed by atoms with van der Waals surface area (Å²) in [5.74, 6) is 0.738.